The molecule has 0 saturated carbocycles. The molecule has 0 bridgehead atoms. The first-order valence-corrected chi connectivity index (χ1v) is 6.73. The van der Waals surface area contributed by atoms with Gasteiger partial charge in [0.15, 0.2) is 5.17 Å². The third-order valence-electron chi connectivity index (χ3n) is 2.52. The number of carbonyl (C=O) groups excluding carboxylic acids is 2. The fourth-order valence-corrected chi connectivity index (χ4v) is 2.50. The fourth-order valence-electron chi connectivity index (χ4n) is 1.65. The molecule has 1 fully saturated rings. The van der Waals surface area contributed by atoms with Gasteiger partial charge in [0.05, 0.1) is 0 Å². The molecule has 21 heavy (non-hydrogen) atoms. The molecule has 0 radical (unpaired) electrons. The van der Waals surface area contributed by atoms with Crippen LogP contribution in [0.15, 0.2) is 24.3 Å². The monoisotopic (exact) mass is 315 g/mol. The van der Waals surface area contributed by atoms with Gasteiger partial charge in [-0.2, -0.15) is 8.78 Å². The predicted octanol–water partition coefficient (Wildman–Crippen LogP) is 1.78. The maximum Gasteiger partial charge on any atom is 0.387 e. The van der Waals surface area contributed by atoms with Crippen LogP contribution in [0.2, 0.25) is 0 Å². The number of alkyl halides is 2. The number of carbonyl (C=O) groups is 2. The quantitative estimate of drug-likeness (QED) is 0.772. The molecule has 9 heteroatoms. The molecule has 2 amide bonds. The van der Waals surface area contributed by atoms with Crippen molar-refractivity contribution in [2.45, 2.75) is 18.3 Å². The molecule has 1 heterocycles. The van der Waals surface area contributed by atoms with Crippen molar-refractivity contribution in [2.24, 2.45) is 0 Å². The third-order valence-corrected chi connectivity index (χ3v) is 3.53. The van der Waals surface area contributed by atoms with Crippen molar-refractivity contribution in [1.82, 2.24) is 5.32 Å². The van der Waals surface area contributed by atoms with Crippen LogP contribution >= 0.6 is 11.8 Å². The average Bonchev–Trinajstić information content (AvgIpc) is 2.69. The molecule has 1 atom stereocenters. The maximum absolute atomic E-state index is 12.0. The summed E-state index contributed by atoms with van der Waals surface area (Å²) < 4.78 is 28.1. The summed E-state index contributed by atoms with van der Waals surface area (Å²) >= 11 is 0.980. The summed E-state index contributed by atoms with van der Waals surface area (Å²) in [6.45, 7) is -2.90. The van der Waals surface area contributed by atoms with Gasteiger partial charge in [0.1, 0.15) is 11.0 Å². The van der Waals surface area contributed by atoms with Crippen molar-refractivity contribution >= 4 is 34.4 Å². The number of hydrogen-bond acceptors (Lipinski definition) is 5. The molecule has 1 aliphatic rings. The zero-order chi connectivity index (χ0) is 15.4. The number of ether oxygens (including phenoxy) is 1. The standard InChI is InChI=1S/C12H11F2N3O3S/c13-11(14)20-7-3-1-6(2-4-7)16-9(18)5-8-10(19)17-12(15)21-8/h1-4,8,11H,5H2,(H,16,18)(H2,15,17,19). The number of halogens is 2. The van der Waals surface area contributed by atoms with Gasteiger partial charge in [-0.05, 0) is 24.3 Å². The van der Waals surface area contributed by atoms with E-state index in [1.165, 1.54) is 24.3 Å². The van der Waals surface area contributed by atoms with Crippen LogP contribution in [0.1, 0.15) is 6.42 Å². The van der Waals surface area contributed by atoms with E-state index in [2.05, 4.69) is 15.4 Å². The van der Waals surface area contributed by atoms with E-state index in [1.807, 2.05) is 0 Å². The van der Waals surface area contributed by atoms with Gasteiger partial charge in [0.2, 0.25) is 11.8 Å². The highest BCUT2D eigenvalue weighted by Crippen LogP contribution is 2.22. The largest absolute Gasteiger partial charge is 0.435 e. The van der Waals surface area contributed by atoms with Crippen LogP contribution in [0.4, 0.5) is 14.5 Å². The van der Waals surface area contributed by atoms with Crippen LogP contribution in [0.3, 0.4) is 0 Å². The topological polar surface area (TPSA) is 91.3 Å². The van der Waals surface area contributed by atoms with Crippen LogP contribution in [0.5, 0.6) is 5.75 Å². The van der Waals surface area contributed by atoms with Crippen molar-refractivity contribution < 1.29 is 23.1 Å². The summed E-state index contributed by atoms with van der Waals surface area (Å²) in [4.78, 5) is 23.1. The molecule has 1 aromatic carbocycles. The van der Waals surface area contributed by atoms with Crippen LogP contribution in [0.25, 0.3) is 0 Å². The molecule has 2 rings (SSSR count). The lowest BCUT2D eigenvalue weighted by molar-refractivity contribution is -0.122. The van der Waals surface area contributed by atoms with E-state index in [0.29, 0.717) is 5.69 Å². The third kappa shape index (κ3) is 4.42. The highest BCUT2D eigenvalue weighted by atomic mass is 32.2. The van der Waals surface area contributed by atoms with Gasteiger partial charge in [-0.25, -0.2) is 0 Å². The highest BCUT2D eigenvalue weighted by molar-refractivity contribution is 8.15. The highest BCUT2D eigenvalue weighted by Gasteiger charge is 2.31. The van der Waals surface area contributed by atoms with Crippen LogP contribution in [-0.2, 0) is 9.59 Å². The molecule has 1 aromatic rings. The Morgan fingerprint density at radius 1 is 1.43 bits per heavy atom. The number of amides is 2. The number of hydrogen-bond donors (Lipinski definition) is 3. The molecule has 6 nitrogen and oxygen atoms in total. The van der Waals surface area contributed by atoms with Crippen LogP contribution in [0, 0.1) is 5.41 Å². The van der Waals surface area contributed by atoms with Crippen LogP contribution in [-0.4, -0.2) is 28.8 Å². The van der Waals surface area contributed by atoms with Crippen molar-refractivity contribution in [3.8, 4) is 5.75 Å². The molecule has 112 valence electrons. The summed E-state index contributed by atoms with van der Waals surface area (Å²) in [6, 6.07) is 5.43. The second-order valence-electron chi connectivity index (χ2n) is 4.08. The minimum Gasteiger partial charge on any atom is -0.435 e. The molecular formula is C12H11F2N3O3S. The molecule has 1 aliphatic heterocycles. The van der Waals surface area contributed by atoms with Gasteiger partial charge in [0, 0.05) is 12.1 Å². The number of rotatable bonds is 5. The Hall–Kier alpha value is -2.16. The number of amidine groups is 1. The predicted molar refractivity (Wildman–Crippen MR) is 73.6 cm³/mol. The molecule has 0 aliphatic carbocycles. The van der Waals surface area contributed by atoms with E-state index in [1.54, 1.807) is 0 Å². The van der Waals surface area contributed by atoms with Crippen molar-refractivity contribution in [3.63, 3.8) is 0 Å². The Labute approximate surface area is 122 Å². The van der Waals surface area contributed by atoms with Crippen molar-refractivity contribution in [2.75, 3.05) is 5.32 Å². The summed E-state index contributed by atoms with van der Waals surface area (Å²) in [5.74, 6) is -0.789. The van der Waals surface area contributed by atoms with Crippen molar-refractivity contribution in [3.05, 3.63) is 24.3 Å². The summed E-state index contributed by atoms with van der Waals surface area (Å²) in [6.07, 6.45) is -0.0752. The second kappa shape index (κ2) is 6.53. The first kappa shape index (κ1) is 15.2. The first-order chi connectivity index (χ1) is 9.94. The van der Waals surface area contributed by atoms with E-state index in [0.717, 1.165) is 11.8 Å². The van der Waals surface area contributed by atoms with E-state index in [4.69, 9.17) is 5.41 Å². The van der Waals surface area contributed by atoms with E-state index >= 15 is 0 Å². The summed E-state index contributed by atoms with van der Waals surface area (Å²) in [5, 5.41) is 11.5. The van der Waals surface area contributed by atoms with E-state index in [-0.39, 0.29) is 23.2 Å². The SMILES string of the molecule is N=C1NC(=O)C(CC(=O)Nc2ccc(OC(F)F)cc2)S1. The van der Waals surface area contributed by atoms with Crippen molar-refractivity contribution in [1.29, 1.82) is 5.41 Å². The smallest absolute Gasteiger partial charge is 0.387 e. The Balaban J connectivity index is 1.88. The fraction of sp³-hybridized carbons (Fsp3) is 0.250. The number of benzene rings is 1. The van der Waals surface area contributed by atoms with Crippen LogP contribution < -0.4 is 15.4 Å². The Kier molecular flexibility index (Phi) is 4.73. The Morgan fingerprint density at radius 3 is 2.62 bits per heavy atom. The molecular weight excluding hydrogens is 304 g/mol. The van der Waals surface area contributed by atoms with Gasteiger partial charge in [-0.15, -0.1) is 0 Å². The number of thioether (sulfide) groups is 1. The maximum atomic E-state index is 12.0. The molecule has 0 aromatic heterocycles. The van der Waals surface area contributed by atoms with Gasteiger partial charge in [-0.1, -0.05) is 11.8 Å². The second-order valence-corrected chi connectivity index (χ2v) is 5.29. The van der Waals surface area contributed by atoms with Gasteiger partial charge < -0.3 is 15.4 Å². The zero-order valence-corrected chi connectivity index (χ0v) is 11.4. The molecule has 1 saturated heterocycles. The van der Waals surface area contributed by atoms with Gasteiger partial charge >= 0.3 is 6.61 Å². The molecule has 0 spiro atoms. The normalized spacial score (nSPS) is 17.8. The molecule has 3 N–H and O–H groups in total. The van der Waals surface area contributed by atoms with Gasteiger partial charge in [-0.3, -0.25) is 15.0 Å². The number of nitrogens with one attached hydrogen (secondary N) is 3. The van der Waals surface area contributed by atoms with E-state index < -0.39 is 17.8 Å². The minimum atomic E-state index is -2.90. The number of anilines is 1. The van der Waals surface area contributed by atoms with E-state index in [9.17, 15) is 18.4 Å². The van der Waals surface area contributed by atoms with Gasteiger partial charge in [0.25, 0.3) is 0 Å². The lowest BCUT2D eigenvalue weighted by atomic mass is 10.2. The average molecular weight is 315 g/mol. The Morgan fingerprint density at radius 2 is 2.10 bits per heavy atom. The minimum absolute atomic E-state index is 0.0119. The lowest BCUT2D eigenvalue weighted by Crippen LogP contribution is -2.27. The lowest BCUT2D eigenvalue weighted by Gasteiger charge is -2.08. The Bertz CT molecular complexity index is 565. The first-order valence-electron chi connectivity index (χ1n) is 5.85. The summed E-state index contributed by atoms with van der Waals surface area (Å²) in [7, 11) is 0. The molecule has 1 unspecified atom stereocenters. The zero-order valence-electron chi connectivity index (χ0n) is 10.6. The summed E-state index contributed by atoms with van der Waals surface area (Å²) in [5.41, 5.74) is 0.403.